The van der Waals surface area contributed by atoms with Crippen molar-refractivity contribution in [2.75, 3.05) is 7.11 Å². The quantitative estimate of drug-likeness (QED) is 0.583. The molecule has 0 radical (unpaired) electrons. The lowest BCUT2D eigenvalue weighted by atomic mass is 10.2. The lowest BCUT2D eigenvalue weighted by Gasteiger charge is -2.15. The first-order valence-electron chi connectivity index (χ1n) is 4.95. The minimum atomic E-state index is -4.05. The molecule has 8 nitrogen and oxygen atoms in total. The fourth-order valence-corrected chi connectivity index (χ4v) is 1.92. The number of methoxy groups -OCH3 is 1. The highest BCUT2D eigenvalue weighted by molar-refractivity contribution is 7.90. The maximum absolute atomic E-state index is 11.5. The van der Waals surface area contributed by atoms with E-state index in [0.29, 0.717) is 0 Å². The summed E-state index contributed by atoms with van der Waals surface area (Å²) in [6.45, 7) is 1.13. The van der Waals surface area contributed by atoms with Gasteiger partial charge >= 0.3 is 11.9 Å². The van der Waals surface area contributed by atoms with Crippen LogP contribution in [0, 0.1) is 11.3 Å². The Bertz CT molecular complexity index is 452. The SMILES string of the molecule is COC(=O)CC[C@@H](NS(=O)(=O)C(C)C#N)C(=O)O. The van der Waals surface area contributed by atoms with E-state index in [1.54, 1.807) is 0 Å². The molecule has 0 spiro atoms. The van der Waals surface area contributed by atoms with Crippen LogP contribution in [0.5, 0.6) is 0 Å². The van der Waals surface area contributed by atoms with E-state index in [4.69, 9.17) is 10.4 Å². The van der Waals surface area contributed by atoms with Gasteiger partial charge in [0, 0.05) is 6.42 Å². The van der Waals surface area contributed by atoms with Crippen molar-refractivity contribution in [3.8, 4) is 6.07 Å². The lowest BCUT2D eigenvalue weighted by molar-refractivity contribution is -0.142. The smallest absolute Gasteiger partial charge is 0.321 e. The van der Waals surface area contributed by atoms with Crippen LogP contribution in [0.2, 0.25) is 0 Å². The zero-order valence-electron chi connectivity index (χ0n) is 9.91. The van der Waals surface area contributed by atoms with E-state index in [1.807, 2.05) is 4.72 Å². The highest BCUT2D eigenvalue weighted by atomic mass is 32.2. The van der Waals surface area contributed by atoms with E-state index in [-0.39, 0.29) is 12.8 Å². The zero-order valence-corrected chi connectivity index (χ0v) is 10.7. The summed E-state index contributed by atoms with van der Waals surface area (Å²) < 4.78 is 29.1. The van der Waals surface area contributed by atoms with Gasteiger partial charge in [0.05, 0.1) is 13.2 Å². The number of hydrogen-bond donors (Lipinski definition) is 2. The molecule has 0 aromatic rings. The summed E-state index contributed by atoms with van der Waals surface area (Å²) in [4.78, 5) is 21.7. The van der Waals surface area contributed by atoms with E-state index in [0.717, 1.165) is 14.0 Å². The van der Waals surface area contributed by atoms with Gasteiger partial charge in [0.1, 0.15) is 6.04 Å². The normalized spacial score (nSPS) is 14.3. The number of ether oxygens (including phenoxy) is 1. The number of nitrogens with one attached hydrogen (secondary N) is 1. The van der Waals surface area contributed by atoms with E-state index in [9.17, 15) is 18.0 Å². The molecular formula is C9H14N2O6S. The van der Waals surface area contributed by atoms with Crippen LogP contribution in [0.1, 0.15) is 19.8 Å². The average Bonchev–Trinajstić information content (AvgIpc) is 2.32. The number of carboxylic acid groups (broad SMARTS) is 1. The van der Waals surface area contributed by atoms with Gasteiger partial charge < -0.3 is 9.84 Å². The molecule has 1 unspecified atom stereocenters. The largest absolute Gasteiger partial charge is 0.480 e. The van der Waals surface area contributed by atoms with E-state index >= 15 is 0 Å². The molecule has 18 heavy (non-hydrogen) atoms. The van der Waals surface area contributed by atoms with Gasteiger partial charge in [-0.15, -0.1) is 0 Å². The van der Waals surface area contributed by atoms with E-state index in [1.165, 1.54) is 6.07 Å². The predicted molar refractivity (Wildman–Crippen MR) is 59.8 cm³/mol. The molecule has 0 aromatic heterocycles. The summed E-state index contributed by atoms with van der Waals surface area (Å²) in [6, 6.07) is 0.0228. The molecule has 0 bridgehead atoms. The van der Waals surface area contributed by atoms with Gasteiger partial charge in [-0.3, -0.25) is 9.59 Å². The summed E-state index contributed by atoms with van der Waals surface area (Å²) in [7, 11) is -2.91. The van der Waals surface area contributed by atoms with Crippen molar-refractivity contribution in [3.63, 3.8) is 0 Å². The van der Waals surface area contributed by atoms with Gasteiger partial charge in [0.15, 0.2) is 5.25 Å². The number of nitrogens with zero attached hydrogens (tertiary/aromatic N) is 1. The first kappa shape index (κ1) is 16.3. The Labute approximate surface area is 105 Å². The van der Waals surface area contributed by atoms with Crippen LogP contribution >= 0.6 is 0 Å². The fourth-order valence-electron chi connectivity index (χ4n) is 0.967. The molecule has 0 saturated carbocycles. The monoisotopic (exact) mass is 278 g/mol. The molecular weight excluding hydrogens is 264 g/mol. The Morgan fingerprint density at radius 2 is 2.06 bits per heavy atom. The minimum Gasteiger partial charge on any atom is -0.480 e. The van der Waals surface area contributed by atoms with Crippen LogP contribution in [0.25, 0.3) is 0 Å². The molecule has 0 fully saturated rings. The maximum Gasteiger partial charge on any atom is 0.321 e. The first-order chi connectivity index (χ1) is 8.24. The van der Waals surface area contributed by atoms with Crippen molar-refractivity contribution in [3.05, 3.63) is 0 Å². The lowest BCUT2D eigenvalue weighted by Crippen LogP contribution is -2.44. The molecule has 0 heterocycles. The molecule has 9 heteroatoms. The molecule has 0 rings (SSSR count). The van der Waals surface area contributed by atoms with Crippen LogP contribution in [0.15, 0.2) is 0 Å². The second-order valence-electron chi connectivity index (χ2n) is 3.44. The van der Waals surface area contributed by atoms with Crippen molar-refractivity contribution in [1.82, 2.24) is 4.72 Å². The molecule has 0 aliphatic rings. The molecule has 0 aliphatic heterocycles. The third kappa shape index (κ3) is 5.11. The van der Waals surface area contributed by atoms with Crippen LogP contribution in [0.3, 0.4) is 0 Å². The number of aliphatic carboxylic acids is 1. The molecule has 0 saturated heterocycles. The second-order valence-corrected chi connectivity index (χ2v) is 5.47. The topological polar surface area (TPSA) is 134 Å². The highest BCUT2D eigenvalue weighted by Crippen LogP contribution is 2.04. The van der Waals surface area contributed by atoms with Gasteiger partial charge in [0.25, 0.3) is 0 Å². The number of carbonyl (C=O) groups is 2. The zero-order chi connectivity index (χ0) is 14.3. The molecule has 2 atom stereocenters. The van der Waals surface area contributed by atoms with Gasteiger partial charge in [-0.05, 0) is 13.3 Å². The minimum absolute atomic E-state index is 0.239. The number of carboxylic acids is 1. The van der Waals surface area contributed by atoms with Crippen LogP contribution < -0.4 is 4.72 Å². The number of sulfonamides is 1. The number of hydrogen-bond acceptors (Lipinski definition) is 6. The van der Waals surface area contributed by atoms with Gasteiger partial charge in [0.2, 0.25) is 10.0 Å². The Balaban J connectivity index is 4.71. The Morgan fingerprint density at radius 3 is 2.44 bits per heavy atom. The number of carbonyl (C=O) groups excluding carboxylic acids is 1. The van der Waals surface area contributed by atoms with Crippen molar-refractivity contribution < 1.29 is 27.9 Å². The van der Waals surface area contributed by atoms with Crippen LogP contribution in [-0.4, -0.2) is 43.9 Å². The third-order valence-electron chi connectivity index (χ3n) is 2.12. The Kier molecular flexibility index (Phi) is 6.29. The standard InChI is InChI=1S/C9H14N2O6S/c1-6(5-10)18(15,16)11-7(9(13)14)3-4-8(12)17-2/h6-7,11H,3-4H2,1-2H3,(H,13,14)/t6?,7-/m1/s1. The average molecular weight is 278 g/mol. The third-order valence-corrected chi connectivity index (χ3v) is 3.77. The summed E-state index contributed by atoms with van der Waals surface area (Å²) in [6.07, 6.45) is -0.490. The van der Waals surface area contributed by atoms with Crippen molar-refractivity contribution in [2.24, 2.45) is 0 Å². The number of rotatable bonds is 7. The fraction of sp³-hybridized carbons (Fsp3) is 0.667. The summed E-state index contributed by atoms with van der Waals surface area (Å²) in [5.41, 5.74) is 0. The second kappa shape index (κ2) is 6.93. The van der Waals surface area contributed by atoms with Crippen molar-refractivity contribution in [2.45, 2.75) is 31.1 Å². The molecule has 2 N–H and O–H groups in total. The first-order valence-corrected chi connectivity index (χ1v) is 6.49. The maximum atomic E-state index is 11.5. The molecule has 0 aliphatic carbocycles. The van der Waals surface area contributed by atoms with Crippen LogP contribution in [0.4, 0.5) is 0 Å². The number of nitriles is 1. The van der Waals surface area contributed by atoms with Gasteiger partial charge in [-0.2, -0.15) is 9.98 Å². The highest BCUT2D eigenvalue weighted by Gasteiger charge is 2.28. The summed E-state index contributed by atoms with van der Waals surface area (Å²) in [5.74, 6) is -2.07. The van der Waals surface area contributed by atoms with Crippen LogP contribution in [-0.2, 0) is 24.3 Å². The van der Waals surface area contributed by atoms with E-state index in [2.05, 4.69) is 4.74 Å². The van der Waals surface area contributed by atoms with Crippen molar-refractivity contribution >= 4 is 22.0 Å². The molecule has 102 valence electrons. The number of esters is 1. The Morgan fingerprint density at radius 1 is 1.50 bits per heavy atom. The molecule has 0 amide bonds. The summed E-state index contributed by atoms with van der Waals surface area (Å²) >= 11 is 0. The molecule has 0 aromatic carbocycles. The van der Waals surface area contributed by atoms with Gasteiger partial charge in [-0.25, -0.2) is 8.42 Å². The Hall–Kier alpha value is -1.66. The van der Waals surface area contributed by atoms with E-state index < -0.39 is 33.3 Å². The predicted octanol–water partition coefficient (Wildman–Crippen LogP) is -0.776. The van der Waals surface area contributed by atoms with Crippen molar-refractivity contribution in [1.29, 1.82) is 5.26 Å². The van der Waals surface area contributed by atoms with Gasteiger partial charge in [-0.1, -0.05) is 0 Å². The summed E-state index contributed by atoms with van der Waals surface area (Å²) in [5, 5.41) is 15.9.